The number of halogens is 5. The van der Waals surface area contributed by atoms with Crippen LogP contribution in [0, 0.1) is 18.2 Å². The van der Waals surface area contributed by atoms with Gasteiger partial charge in [0, 0.05) is 28.2 Å². The molecule has 0 N–H and O–H groups in total. The second-order valence-corrected chi connectivity index (χ2v) is 6.75. The molecule has 0 radical (unpaired) electrons. The van der Waals surface area contributed by atoms with Crippen molar-refractivity contribution in [3.8, 4) is 11.5 Å². The number of alkyl halides is 3. The first-order valence-corrected chi connectivity index (χ1v) is 9.10. The van der Waals surface area contributed by atoms with Crippen LogP contribution in [-0.4, -0.2) is 14.7 Å². The summed E-state index contributed by atoms with van der Waals surface area (Å²) in [6.07, 6.45) is -4.28. The van der Waals surface area contributed by atoms with Gasteiger partial charge in [0.15, 0.2) is 11.5 Å². The Morgan fingerprint density at radius 3 is 2.42 bits per heavy atom. The summed E-state index contributed by atoms with van der Waals surface area (Å²) in [7, 11) is 0. The molecule has 0 atom stereocenters. The Kier molecular flexibility index (Phi) is 4.97. The number of hydrogen-bond donors (Lipinski definition) is 0. The second kappa shape index (κ2) is 7.50. The highest BCUT2D eigenvalue weighted by Crippen LogP contribution is 2.42. The fraction of sp³-hybridized carbons (Fsp3) is 0.190. The Hall–Kier alpha value is -3.74. The summed E-state index contributed by atoms with van der Waals surface area (Å²) in [6.45, 7) is 8.83. The van der Waals surface area contributed by atoms with Gasteiger partial charge in [-0.1, -0.05) is 18.1 Å². The number of aromatic nitrogens is 3. The predicted octanol–water partition coefficient (Wildman–Crippen LogP) is 6.15. The highest BCUT2D eigenvalue weighted by atomic mass is 19.4. The van der Waals surface area contributed by atoms with Crippen LogP contribution in [0.2, 0.25) is 0 Å². The molecule has 4 rings (SSSR count). The zero-order valence-corrected chi connectivity index (χ0v) is 16.0. The van der Waals surface area contributed by atoms with Gasteiger partial charge in [0.25, 0.3) is 5.89 Å². The van der Waals surface area contributed by atoms with Crippen molar-refractivity contribution in [2.75, 3.05) is 0 Å². The van der Waals surface area contributed by atoms with Crippen molar-refractivity contribution in [3.05, 3.63) is 76.5 Å². The minimum atomic E-state index is -4.70. The first kappa shape index (κ1) is 20.5. The highest BCUT2D eigenvalue weighted by molar-refractivity contribution is 5.90. The van der Waals surface area contributed by atoms with Crippen LogP contribution in [0.3, 0.4) is 0 Å². The standard InChI is InChI=1S/C21H13F5N4O/c1-3-14-9-15-17(5-4-16(27-2)19(15)21(24,25)26)30(14)10-18-28-20(31-29-18)11-6-12(22)8-13(23)7-11/h4-9H,3,10H2,1H3. The lowest BCUT2D eigenvalue weighted by Crippen LogP contribution is -2.07. The van der Waals surface area contributed by atoms with E-state index in [1.54, 1.807) is 11.5 Å². The van der Waals surface area contributed by atoms with E-state index in [4.69, 9.17) is 11.1 Å². The van der Waals surface area contributed by atoms with Crippen molar-refractivity contribution >= 4 is 16.6 Å². The fourth-order valence-electron chi connectivity index (χ4n) is 3.50. The molecule has 5 nitrogen and oxygen atoms in total. The van der Waals surface area contributed by atoms with Gasteiger partial charge in [-0.2, -0.15) is 18.2 Å². The van der Waals surface area contributed by atoms with Gasteiger partial charge in [-0.15, -0.1) is 0 Å². The van der Waals surface area contributed by atoms with Gasteiger partial charge in [0.1, 0.15) is 11.6 Å². The maximum absolute atomic E-state index is 13.6. The quantitative estimate of drug-likeness (QED) is 0.287. The molecule has 0 saturated heterocycles. The average Bonchev–Trinajstić information content (AvgIpc) is 3.30. The molecular weight excluding hydrogens is 419 g/mol. The third kappa shape index (κ3) is 3.74. The summed E-state index contributed by atoms with van der Waals surface area (Å²) >= 11 is 0. The number of nitrogens with zero attached hydrogens (tertiary/aromatic N) is 4. The molecule has 2 aromatic carbocycles. The van der Waals surface area contributed by atoms with Crippen molar-refractivity contribution in [1.29, 1.82) is 0 Å². The Balaban J connectivity index is 1.79. The number of benzene rings is 2. The molecule has 10 heteroatoms. The third-order valence-corrected chi connectivity index (χ3v) is 4.79. The zero-order valence-electron chi connectivity index (χ0n) is 16.0. The summed E-state index contributed by atoms with van der Waals surface area (Å²) in [4.78, 5) is 7.13. The average molecular weight is 432 g/mol. The van der Waals surface area contributed by atoms with Crippen LogP contribution in [0.4, 0.5) is 27.6 Å². The summed E-state index contributed by atoms with van der Waals surface area (Å²) in [5.41, 5.74) is -0.580. The van der Waals surface area contributed by atoms with Crippen molar-refractivity contribution in [3.63, 3.8) is 0 Å². The molecular formula is C21H13F5N4O. The van der Waals surface area contributed by atoms with Gasteiger partial charge in [-0.25, -0.2) is 13.6 Å². The van der Waals surface area contributed by atoms with Crippen LogP contribution in [0.25, 0.3) is 27.2 Å². The number of fused-ring (bicyclic) bond motifs is 1. The molecule has 2 aromatic heterocycles. The van der Waals surface area contributed by atoms with Crippen LogP contribution in [0.1, 0.15) is 24.0 Å². The van der Waals surface area contributed by atoms with Gasteiger partial charge in [0.05, 0.1) is 18.7 Å². The van der Waals surface area contributed by atoms with Crippen molar-refractivity contribution in [2.45, 2.75) is 26.1 Å². The van der Waals surface area contributed by atoms with Crippen LogP contribution in [-0.2, 0) is 19.1 Å². The Labute approximate surface area is 172 Å². The summed E-state index contributed by atoms with van der Waals surface area (Å²) in [5, 5.41) is 3.70. The Bertz CT molecular complexity index is 1310. The van der Waals surface area contributed by atoms with Crippen LogP contribution in [0.15, 0.2) is 40.9 Å². The predicted molar refractivity (Wildman–Crippen MR) is 101 cm³/mol. The SMILES string of the molecule is [C-]#[N+]c1ccc2c(cc(CC)n2Cc2noc(-c3cc(F)cc(F)c3)n2)c1C(F)(F)F. The van der Waals surface area contributed by atoms with Crippen LogP contribution in [0.5, 0.6) is 0 Å². The number of rotatable bonds is 4. The fourth-order valence-corrected chi connectivity index (χ4v) is 3.50. The maximum atomic E-state index is 13.6. The third-order valence-electron chi connectivity index (χ3n) is 4.79. The van der Waals surface area contributed by atoms with Gasteiger partial charge < -0.3 is 9.09 Å². The molecule has 0 aliphatic heterocycles. The molecule has 4 aromatic rings. The first-order valence-electron chi connectivity index (χ1n) is 9.10. The number of hydrogen-bond acceptors (Lipinski definition) is 3. The van der Waals surface area contributed by atoms with Crippen LogP contribution >= 0.6 is 0 Å². The van der Waals surface area contributed by atoms with Gasteiger partial charge in [0.2, 0.25) is 0 Å². The van der Waals surface area contributed by atoms with E-state index in [1.807, 2.05) is 0 Å². The molecule has 0 bridgehead atoms. The van der Waals surface area contributed by atoms with E-state index in [-0.39, 0.29) is 34.7 Å². The largest absolute Gasteiger partial charge is 0.408 e. The summed E-state index contributed by atoms with van der Waals surface area (Å²) in [6, 6.07) is 6.74. The minimum Gasteiger partial charge on any atom is -0.337 e. The lowest BCUT2D eigenvalue weighted by molar-refractivity contribution is -0.135. The molecule has 31 heavy (non-hydrogen) atoms. The summed E-state index contributed by atoms with van der Waals surface area (Å²) < 4.78 is 74.5. The molecule has 0 spiro atoms. The maximum Gasteiger partial charge on any atom is 0.408 e. The van der Waals surface area contributed by atoms with E-state index in [0.29, 0.717) is 18.2 Å². The lowest BCUT2D eigenvalue weighted by Gasteiger charge is -2.11. The molecule has 158 valence electrons. The van der Waals surface area contributed by atoms with E-state index < -0.39 is 29.1 Å². The first-order chi connectivity index (χ1) is 14.7. The highest BCUT2D eigenvalue weighted by Gasteiger charge is 2.36. The van der Waals surface area contributed by atoms with E-state index in [1.165, 1.54) is 12.1 Å². The van der Waals surface area contributed by atoms with Crippen molar-refractivity contribution < 1.29 is 26.5 Å². The monoisotopic (exact) mass is 432 g/mol. The van der Waals surface area contributed by atoms with Crippen LogP contribution < -0.4 is 0 Å². The van der Waals surface area contributed by atoms with Crippen molar-refractivity contribution in [1.82, 2.24) is 14.7 Å². The van der Waals surface area contributed by atoms with E-state index in [2.05, 4.69) is 15.0 Å². The second-order valence-electron chi connectivity index (χ2n) is 6.75. The molecule has 0 fully saturated rings. The minimum absolute atomic E-state index is 0.0252. The smallest absolute Gasteiger partial charge is 0.337 e. The Morgan fingerprint density at radius 1 is 1.10 bits per heavy atom. The zero-order chi connectivity index (χ0) is 22.3. The normalized spacial score (nSPS) is 11.8. The van der Waals surface area contributed by atoms with E-state index in [0.717, 1.165) is 18.2 Å². The molecule has 0 amide bonds. The molecule has 2 heterocycles. The van der Waals surface area contributed by atoms with Crippen molar-refractivity contribution in [2.24, 2.45) is 0 Å². The lowest BCUT2D eigenvalue weighted by atomic mass is 10.1. The molecule has 0 aliphatic rings. The van der Waals surface area contributed by atoms with Gasteiger partial charge in [-0.3, -0.25) is 0 Å². The molecule has 0 saturated carbocycles. The van der Waals surface area contributed by atoms with Gasteiger partial charge >= 0.3 is 6.18 Å². The van der Waals surface area contributed by atoms with Gasteiger partial charge in [-0.05, 0) is 30.7 Å². The Morgan fingerprint density at radius 2 is 1.81 bits per heavy atom. The van der Waals surface area contributed by atoms with E-state index in [9.17, 15) is 22.0 Å². The summed E-state index contributed by atoms with van der Waals surface area (Å²) in [5.74, 6) is -1.62. The number of aryl methyl sites for hydroxylation is 1. The topological polar surface area (TPSA) is 48.2 Å². The molecule has 0 aliphatic carbocycles. The van der Waals surface area contributed by atoms with E-state index >= 15 is 0 Å². The molecule has 0 unspecified atom stereocenters.